The van der Waals surface area contributed by atoms with E-state index in [0.29, 0.717) is 0 Å². The molecule has 2 unspecified atom stereocenters. The van der Waals surface area contributed by atoms with Crippen LogP contribution in [-0.2, 0) is 6.42 Å². The molecule has 0 radical (unpaired) electrons. The van der Waals surface area contributed by atoms with Crippen molar-refractivity contribution in [3.8, 4) is 5.75 Å². The zero-order valence-electron chi connectivity index (χ0n) is 18.4. The average Bonchev–Trinajstić information content (AvgIpc) is 3.16. The predicted molar refractivity (Wildman–Crippen MR) is 127 cm³/mol. The van der Waals surface area contributed by atoms with Crippen LogP contribution in [0.3, 0.4) is 0 Å². The monoisotopic (exact) mass is 416 g/mol. The lowest BCUT2D eigenvalue weighted by atomic mass is 9.96. The Bertz CT molecular complexity index is 951. The Morgan fingerprint density at radius 3 is 1.97 bits per heavy atom. The molecule has 1 aliphatic rings. The summed E-state index contributed by atoms with van der Waals surface area (Å²) in [4.78, 5) is 0. The number of hydrogen-bond donors (Lipinski definition) is 1. The Labute approximate surface area is 181 Å². The van der Waals surface area contributed by atoms with E-state index in [1.54, 1.807) is 0 Å². The molecule has 0 aromatic heterocycles. The molecule has 0 fully saturated rings. The summed E-state index contributed by atoms with van der Waals surface area (Å²) < 4.78 is 7.15. The van der Waals surface area contributed by atoms with Crippen LogP contribution in [0.1, 0.15) is 51.2 Å². The molecular weight excluding hydrogens is 384 g/mol. The van der Waals surface area contributed by atoms with Crippen LogP contribution in [0, 0.1) is 0 Å². The fourth-order valence-electron chi connectivity index (χ4n) is 5.00. The van der Waals surface area contributed by atoms with Crippen molar-refractivity contribution in [1.82, 2.24) is 0 Å². The van der Waals surface area contributed by atoms with E-state index in [-0.39, 0.29) is 17.1 Å². The maximum atomic E-state index is 10.3. The lowest BCUT2D eigenvalue weighted by molar-refractivity contribution is 0.162. The molecule has 0 spiro atoms. The number of aliphatic hydroxyl groups is 1. The van der Waals surface area contributed by atoms with Gasteiger partial charge in [-0.25, -0.2) is 0 Å². The molecule has 2 nitrogen and oxygen atoms in total. The molecule has 2 atom stereocenters. The number of aryl methyl sites for hydroxylation is 1. The van der Waals surface area contributed by atoms with Crippen LogP contribution in [0.15, 0.2) is 78.9 Å². The second kappa shape index (κ2) is 8.05. The molecule has 3 aromatic rings. The van der Waals surface area contributed by atoms with Gasteiger partial charge < -0.3 is 9.53 Å². The van der Waals surface area contributed by atoms with E-state index >= 15 is 0 Å². The van der Waals surface area contributed by atoms with Crippen molar-refractivity contribution in [2.24, 2.45) is 0 Å². The van der Waals surface area contributed by atoms with Gasteiger partial charge in [-0.3, -0.25) is 0 Å². The number of benzene rings is 3. The van der Waals surface area contributed by atoms with Crippen LogP contribution in [0.25, 0.3) is 0 Å². The molecule has 3 heteroatoms. The van der Waals surface area contributed by atoms with E-state index in [1.165, 1.54) is 21.5 Å². The molecule has 0 amide bonds. The minimum Gasteiger partial charge on any atom is -0.534 e. The number of fused-ring (bicyclic) bond motifs is 1. The first-order valence-corrected chi connectivity index (χ1v) is 12.8. The van der Waals surface area contributed by atoms with Crippen LogP contribution in [-0.4, -0.2) is 19.5 Å². The smallest absolute Gasteiger partial charge is 0.319 e. The van der Waals surface area contributed by atoms with E-state index in [2.05, 4.69) is 99.6 Å². The first kappa shape index (κ1) is 20.9. The molecule has 0 saturated carbocycles. The van der Waals surface area contributed by atoms with Gasteiger partial charge in [0.25, 0.3) is 0 Å². The molecule has 156 valence electrons. The summed E-state index contributed by atoms with van der Waals surface area (Å²) in [6.07, 6.45) is 1.70. The van der Waals surface area contributed by atoms with Crippen molar-refractivity contribution in [3.05, 3.63) is 90.0 Å². The molecular formula is C27H32O2Si. The number of aliphatic hydroxyl groups excluding tert-OH is 1. The van der Waals surface area contributed by atoms with E-state index in [0.717, 1.165) is 18.6 Å². The van der Waals surface area contributed by atoms with Crippen LogP contribution in [0.4, 0.5) is 0 Å². The third-order valence-electron chi connectivity index (χ3n) is 6.51. The van der Waals surface area contributed by atoms with Gasteiger partial charge in [0.1, 0.15) is 5.75 Å². The van der Waals surface area contributed by atoms with Crippen molar-refractivity contribution >= 4 is 18.7 Å². The van der Waals surface area contributed by atoms with Gasteiger partial charge in [0.05, 0.1) is 6.10 Å². The summed E-state index contributed by atoms with van der Waals surface area (Å²) in [5, 5.41) is 12.8. The van der Waals surface area contributed by atoms with Crippen LogP contribution >= 0.6 is 0 Å². The highest BCUT2D eigenvalue weighted by molar-refractivity contribution is 7.00. The van der Waals surface area contributed by atoms with Crippen molar-refractivity contribution < 1.29 is 9.53 Å². The van der Waals surface area contributed by atoms with Crippen LogP contribution in [0.2, 0.25) is 5.04 Å². The Kier molecular flexibility index (Phi) is 5.61. The standard InChI is InChI=1S/C27H32O2Si/c1-20(28)25-18-16-21-15-17-22(19-26(21)25)29-30(27(2,3)4,23-11-7-5-8-12-23)24-13-9-6-10-14-24/h5-15,17,19-20,25,28H,16,18H2,1-4H3. The third kappa shape index (κ3) is 3.61. The quantitative estimate of drug-likeness (QED) is 0.591. The lowest BCUT2D eigenvalue weighted by Gasteiger charge is -2.43. The second-order valence-corrected chi connectivity index (χ2v) is 13.7. The van der Waals surface area contributed by atoms with E-state index < -0.39 is 8.32 Å². The van der Waals surface area contributed by atoms with Gasteiger partial charge in [0.15, 0.2) is 0 Å². The summed E-state index contributed by atoms with van der Waals surface area (Å²) >= 11 is 0. The number of hydrogen-bond acceptors (Lipinski definition) is 2. The summed E-state index contributed by atoms with van der Waals surface area (Å²) in [6, 6.07) is 28.0. The highest BCUT2D eigenvalue weighted by Crippen LogP contribution is 2.41. The molecule has 0 saturated heterocycles. The van der Waals surface area contributed by atoms with Gasteiger partial charge in [-0.2, -0.15) is 0 Å². The van der Waals surface area contributed by atoms with Gasteiger partial charge >= 0.3 is 8.32 Å². The molecule has 30 heavy (non-hydrogen) atoms. The minimum absolute atomic E-state index is 0.0710. The third-order valence-corrected chi connectivity index (χ3v) is 11.5. The summed E-state index contributed by atoms with van der Waals surface area (Å²) in [7, 11) is -2.63. The Balaban J connectivity index is 1.87. The fourth-order valence-corrected chi connectivity index (χ4v) is 9.41. The van der Waals surface area contributed by atoms with Gasteiger partial charge in [0, 0.05) is 5.92 Å². The summed E-state index contributed by atoms with van der Waals surface area (Å²) in [5.74, 6) is 1.11. The van der Waals surface area contributed by atoms with Crippen LogP contribution < -0.4 is 14.8 Å². The van der Waals surface area contributed by atoms with E-state index in [9.17, 15) is 5.11 Å². The first-order chi connectivity index (χ1) is 14.3. The van der Waals surface area contributed by atoms with Gasteiger partial charge in [0.2, 0.25) is 0 Å². The van der Waals surface area contributed by atoms with Crippen molar-refractivity contribution in [1.29, 1.82) is 0 Å². The summed E-state index contributed by atoms with van der Waals surface area (Å²) in [5.41, 5.74) is 2.59. The maximum Gasteiger partial charge on any atom is 0.319 e. The van der Waals surface area contributed by atoms with Gasteiger partial charge in [-0.05, 0) is 58.4 Å². The van der Waals surface area contributed by atoms with E-state index in [4.69, 9.17) is 4.43 Å². The second-order valence-electron chi connectivity index (χ2n) is 9.51. The SMILES string of the molecule is CC(O)C1CCc2ccc(O[Si](c3ccccc3)(c3ccccc3)C(C)(C)C)cc21. The van der Waals surface area contributed by atoms with Gasteiger partial charge in [-0.15, -0.1) is 0 Å². The zero-order chi connectivity index (χ0) is 21.4. The number of rotatable bonds is 5. The Morgan fingerprint density at radius 2 is 1.47 bits per heavy atom. The Hall–Kier alpha value is -2.36. The molecule has 4 rings (SSSR count). The molecule has 0 heterocycles. The normalized spacial score (nSPS) is 17.4. The topological polar surface area (TPSA) is 29.5 Å². The minimum atomic E-state index is -2.63. The van der Waals surface area contributed by atoms with Crippen molar-refractivity contribution in [2.75, 3.05) is 0 Å². The zero-order valence-corrected chi connectivity index (χ0v) is 19.4. The summed E-state index contributed by atoms with van der Waals surface area (Å²) in [6.45, 7) is 8.79. The molecule has 1 aliphatic carbocycles. The van der Waals surface area contributed by atoms with Gasteiger partial charge in [-0.1, -0.05) is 87.5 Å². The van der Waals surface area contributed by atoms with Crippen molar-refractivity contribution in [2.45, 2.75) is 57.6 Å². The largest absolute Gasteiger partial charge is 0.534 e. The molecule has 0 aliphatic heterocycles. The predicted octanol–water partition coefficient (Wildman–Crippen LogP) is 5.04. The van der Waals surface area contributed by atoms with Crippen molar-refractivity contribution in [3.63, 3.8) is 0 Å². The van der Waals surface area contributed by atoms with Crippen LogP contribution in [0.5, 0.6) is 5.75 Å². The van der Waals surface area contributed by atoms with E-state index in [1.807, 2.05) is 6.92 Å². The average molecular weight is 417 g/mol. The Morgan fingerprint density at radius 1 is 0.900 bits per heavy atom. The molecule has 0 bridgehead atoms. The first-order valence-electron chi connectivity index (χ1n) is 10.9. The highest BCUT2D eigenvalue weighted by atomic mass is 28.4. The highest BCUT2D eigenvalue weighted by Gasteiger charge is 2.52. The molecule has 1 N–H and O–H groups in total. The maximum absolute atomic E-state index is 10.3. The fraction of sp³-hybridized carbons (Fsp3) is 0.333. The molecule has 3 aromatic carbocycles. The lowest BCUT2D eigenvalue weighted by Crippen LogP contribution is -2.68.